The summed E-state index contributed by atoms with van der Waals surface area (Å²) in [7, 11) is 0. The van der Waals surface area contributed by atoms with Gasteiger partial charge in [-0.3, -0.25) is 0 Å². The molecule has 1 N–H and O–H groups in total. The van der Waals surface area contributed by atoms with Crippen LogP contribution in [0.5, 0.6) is 0 Å². The van der Waals surface area contributed by atoms with Gasteiger partial charge in [0.25, 0.3) is 5.82 Å². The molecule has 1 aliphatic rings. The Morgan fingerprint density at radius 2 is 1.63 bits per heavy atom. The third-order valence-electron chi connectivity index (χ3n) is 4.80. The molecule has 0 saturated carbocycles. The quantitative estimate of drug-likeness (QED) is 0.692. The van der Waals surface area contributed by atoms with Gasteiger partial charge >= 0.3 is 6.18 Å². The summed E-state index contributed by atoms with van der Waals surface area (Å²) in [6.07, 6.45) is -3.98. The van der Waals surface area contributed by atoms with E-state index in [9.17, 15) is 22.7 Å². The zero-order valence-corrected chi connectivity index (χ0v) is 14.0. The van der Waals surface area contributed by atoms with Gasteiger partial charge in [0, 0.05) is 13.1 Å². The van der Waals surface area contributed by atoms with Crippen LogP contribution in [0.15, 0.2) is 36.4 Å². The minimum Gasteiger partial charge on any atom is -0.385 e. The molecular formula is C17H15F4N5O. The molecule has 2 aromatic heterocycles. The summed E-state index contributed by atoms with van der Waals surface area (Å²) in [5.41, 5.74) is -0.488. The van der Waals surface area contributed by atoms with E-state index in [0.717, 1.165) is 0 Å². The Labute approximate surface area is 151 Å². The lowest BCUT2D eigenvalue weighted by atomic mass is 9.84. The molecule has 142 valence electrons. The molecule has 1 aromatic carbocycles. The number of hydrogen-bond donors (Lipinski definition) is 1. The van der Waals surface area contributed by atoms with E-state index in [1.54, 1.807) is 23.1 Å². The van der Waals surface area contributed by atoms with Crippen molar-refractivity contribution in [1.29, 1.82) is 0 Å². The van der Waals surface area contributed by atoms with Crippen molar-refractivity contribution >= 4 is 11.5 Å². The molecule has 0 bridgehead atoms. The molecule has 0 amide bonds. The van der Waals surface area contributed by atoms with Gasteiger partial charge in [0.2, 0.25) is 0 Å². The highest BCUT2D eigenvalue weighted by atomic mass is 19.4. The maximum atomic E-state index is 13.1. The Morgan fingerprint density at radius 1 is 0.963 bits per heavy atom. The molecule has 3 heterocycles. The lowest BCUT2D eigenvalue weighted by Crippen LogP contribution is -2.43. The molecule has 1 aliphatic heterocycles. The van der Waals surface area contributed by atoms with Gasteiger partial charge < -0.3 is 10.0 Å². The van der Waals surface area contributed by atoms with Gasteiger partial charge in [-0.2, -0.15) is 17.7 Å². The summed E-state index contributed by atoms with van der Waals surface area (Å²) in [6.45, 7) is 0.770. The van der Waals surface area contributed by atoms with Gasteiger partial charge in [0.05, 0.1) is 5.60 Å². The van der Waals surface area contributed by atoms with Crippen molar-refractivity contribution in [3.8, 4) is 0 Å². The number of fused-ring (bicyclic) bond motifs is 1. The zero-order chi connectivity index (χ0) is 19.2. The Morgan fingerprint density at radius 3 is 2.26 bits per heavy atom. The molecule has 0 atom stereocenters. The van der Waals surface area contributed by atoms with Crippen molar-refractivity contribution < 1.29 is 22.7 Å². The predicted octanol–water partition coefficient (Wildman–Crippen LogP) is 2.77. The van der Waals surface area contributed by atoms with Crippen LogP contribution in [-0.2, 0) is 11.8 Å². The summed E-state index contributed by atoms with van der Waals surface area (Å²) in [6, 6.07) is 8.67. The third-order valence-corrected chi connectivity index (χ3v) is 4.80. The first-order valence-corrected chi connectivity index (χ1v) is 8.29. The lowest BCUT2D eigenvalue weighted by molar-refractivity contribution is -0.146. The highest BCUT2D eigenvalue weighted by Gasteiger charge is 2.38. The number of rotatable bonds is 2. The average Bonchev–Trinajstić information content (AvgIpc) is 3.06. The fourth-order valence-corrected chi connectivity index (χ4v) is 3.28. The van der Waals surface area contributed by atoms with Crippen LogP contribution in [0.2, 0.25) is 0 Å². The summed E-state index contributed by atoms with van der Waals surface area (Å²) in [5, 5.41) is 21.5. The van der Waals surface area contributed by atoms with Crippen molar-refractivity contribution in [3.05, 3.63) is 53.6 Å². The van der Waals surface area contributed by atoms with Crippen LogP contribution in [0.3, 0.4) is 0 Å². The molecule has 0 aliphatic carbocycles. The molecule has 0 radical (unpaired) electrons. The topological polar surface area (TPSA) is 66.5 Å². The predicted molar refractivity (Wildman–Crippen MR) is 87.5 cm³/mol. The van der Waals surface area contributed by atoms with Gasteiger partial charge in [-0.15, -0.1) is 15.3 Å². The van der Waals surface area contributed by atoms with Crippen molar-refractivity contribution in [1.82, 2.24) is 19.8 Å². The van der Waals surface area contributed by atoms with Crippen LogP contribution in [0.25, 0.3) is 5.65 Å². The number of benzene rings is 1. The van der Waals surface area contributed by atoms with Gasteiger partial charge in [-0.1, -0.05) is 12.1 Å². The van der Waals surface area contributed by atoms with E-state index in [1.165, 1.54) is 18.2 Å². The van der Waals surface area contributed by atoms with E-state index in [4.69, 9.17) is 0 Å². The molecule has 27 heavy (non-hydrogen) atoms. The van der Waals surface area contributed by atoms with Crippen LogP contribution in [0.1, 0.15) is 24.2 Å². The third kappa shape index (κ3) is 3.20. The number of piperidine rings is 1. The monoisotopic (exact) mass is 381 g/mol. The summed E-state index contributed by atoms with van der Waals surface area (Å²) < 4.78 is 52.8. The fraction of sp³-hybridized carbons (Fsp3) is 0.353. The summed E-state index contributed by atoms with van der Waals surface area (Å²) in [4.78, 5) is 1.79. The van der Waals surface area contributed by atoms with E-state index in [1.807, 2.05) is 0 Å². The maximum Gasteiger partial charge on any atom is 0.453 e. The highest BCUT2D eigenvalue weighted by molar-refractivity contribution is 5.46. The molecule has 10 heteroatoms. The number of aliphatic hydroxyl groups is 1. The standard InChI is InChI=1S/C17H15F4N5O/c18-12-3-1-11(2-4-12)16(27)7-9-25(10-8-16)14-6-5-13-22-23-15(17(19,20)21)26(13)24-14/h1-6,27H,7-10H2. The molecule has 0 unspecified atom stereocenters. The van der Waals surface area contributed by atoms with Crippen molar-refractivity contribution in [2.75, 3.05) is 18.0 Å². The van der Waals surface area contributed by atoms with E-state index < -0.39 is 17.6 Å². The number of aromatic nitrogens is 4. The second-order valence-electron chi connectivity index (χ2n) is 6.51. The second-order valence-corrected chi connectivity index (χ2v) is 6.51. The summed E-state index contributed by atoms with van der Waals surface area (Å²) in [5.74, 6) is -1.22. The molecule has 1 saturated heterocycles. The Bertz CT molecular complexity index is 962. The van der Waals surface area contributed by atoms with Crippen LogP contribution in [-0.4, -0.2) is 38.0 Å². The van der Waals surface area contributed by atoms with E-state index >= 15 is 0 Å². The normalized spacial score (nSPS) is 17.4. The number of anilines is 1. The van der Waals surface area contributed by atoms with Crippen LogP contribution in [0, 0.1) is 5.82 Å². The van der Waals surface area contributed by atoms with Crippen LogP contribution >= 0.6 is 0 Å². The van der Waals surface area contributed by atoms with Gasteiger partial charge in [0.15, 0.2) is 5.65 Å². The van der Waals surface area contributed by atoms with Crippen molar-refractivity contribution in [2.45, 2.75) is 24.6 Å². The van der Waals surface area contributed by atoms with Gasteiger partial charge in [0.1, 0.15) is 11.6 Å². The molecule has 4 rings (SSSR count). The fourth-order valence-electron chi connectivity index (χ4n) is 3.28. The number of alkyl halides is 3. The van der Waals surface area contributed by atoms with E-state index in [-0.39, 0.29) is 11.5 Å². The SMILES string of the molecule is OC1(c2ccc(F)cc2)CCN(c2ccc3nnc(C(F)(F)F)n3n2)CC1. The van der Waals surface area contributed by atoms with Gasteiger partial charge in [-0.05, 0) is 42.7 Å². The molecule has 3 aromatic rings. The first-order valence-electron chi connectivity index (χ1n) is 8.29. The first kappa shape index (κ1) is 17.7. The minimum atomic E-state index is -4.66. The highest BCUT2D eigenvalue weighted by Crippen LogP contribution is 2.34. The second kappa shape index (κ2) is 6.15. The van der Waals surface area contributed by atoms with E-state index in [2.05, 4.69) is 15.3 Å². The molecule has 6 nitrogen and oxygen atoms in total. The number of halogens is 4. The largest absolute Gasteiger partial charge is 0.453 e. The Hall–Kier alpha value is -2.75. The first-order chi connectivity index (χ1) is 12.8. The number of nitrogens with zero attached hydrogens (tertiary/aromatic N) is 5. The maximum absolute atomic E-state index is 13.1. The zero-order valence-electron chi connectivity index (χ0n) is 14.0. The van der Waals surface area contributed by atoms with Crippen molar-refractivity contribution in [3.63, 3.8) is 0 Å². The summed E-state index contributed by atoms with van der Waals surface area (Å²) >= 11 is 0. The smallest absolute Gasteiger partial charge is 0.385 e. The molecule has 1 fully saturated rings. The molecular weight excluding hydrogens is 366 g/mol. The van der Waals surface area contributed by atoms with E-state index in [0.29, 0.717) is 41.8 Å². The Kier molecular flexibility index (Phi) is 4.02. The number of hydrogen-bond acceptors (Lipinski definition) is 5. The minimum absolute atomic E-state index is 0.00546. The molecule has 0 spiro atoms. The van der Waals surface area contributed by atoms with Crippen LogP contribution < -0.4 is 4.90 Å². The average molecular weight is 381 g/mol. The van der Waals surface area contributed by atoms with Crippen LogP contribution in [0.4, 0.5) is 23.4 Å². The van der Waals surface area contributed by atoms with Crippen molar-refractivity contribution in [2.24, 2.45) is 0 Å². The Balaban J connectivity index is 1.57. The van der Waals surface area contributed by atoms with Gasteiger partial charge in [-0.25, -0.2) is 4.39 Å². The lowest BCUT2D eigenvalue weighted by Gasteiger charge is -2.39.